The van der Waals surface area contributed by atoms with E-state index in [0.29, 0.717) is 24.6 Å². The molecular weight excluding hydrogens is 444 g/mol. The van der Waals surface area contributed by atoms with E-state index in [0.717, 1.165) is 11.1 Å². The van der Waals surface area contributed by atoms with Gasteiger partial charge in [0.15, 0.2) is 11.5 Å². The van der Waals surface area contributed by atoms with Gasteiger partial charge in [-0.15, -0.1) is 0 Å². The summed E-state index contributed by atoms with van der Waals surface area (Å²) in [5, 5.41) is 4.35. The number of benzene rings is 2. The van der Waals surface area contributed by atoms with Gasteiger partial charge in [-0.05, 0) is 17.7 Å². The predicted molar refractivity (Wildman–Crippen MR) is 124 cm³/mol. The lowest BCUT2D eigenvalue weighted by atomic mass is 10.2. The lowest BCUT2D eigenvalue weighted by Crippen LogP contribution is -2.31. The number of hydrogen-bond acceptors (Lipinski definition) is 6. The van der Waals surface area contributed by atoms with E-state index >= 15 is 0 Å². The zero-order chi connectivity index (χ0) is 23.8. The highest BCUT2D eigenvalue weighted by molar-refractivity contribution is 7.89. The molecule has 0 saturated carbocycles. The van der Waals surface area contributed by atoms with Crippen LogP contribution in [-0.2, 0) is 27.9 Å². The number of carbonyl (C=O) groups excluding carboxylic acids is 1. The molecule has 9 nitrogen and oxygen atoms in total. The van der Waals surface area contributed by atoms with E-state index < -0.39 is 10.0 Å². The molecule has 0 radical (unpaired) electrons. The fraction of sp³-hybridized carbons (Fsp3) is 0.304. The van der Waals surface area contributed by atoms with Crippen LogP contribution in [0.15, 0.2) is 65.8 Å². The molecule has 0 bridgehead atoms. The maximum atomic E-state index is 12.6. The van der Waals surface area contributed by atoms with Crippen molar-refractivity contribution in [2.45, 2.75) is 24.4 Å². The Bertz CT molecular complexity index is 1180. The topological polar surface area (TPSA) is 103 Å². The molecule has 0 fully saturated rings. The number of nitrogens with one attached hydrogen (secondary N) is 1. The van der Waals surface area contributed by atoms with Gasteiger partial charge >= 0.3 is 0 Å². The van der Waals surface area contributed by atoms with Crippen LogP contribution in [0.3, 0.4) is 0 Å². The minimum atomic E-state index is -3.79. The van der Waals surface area contributed by atoms with Gasteiger partial charge in [0, 0.05) is 44.4 Å². The fourth-order valence-corrected chi connectivity index (χ4v) is 4.30. The van der Waals surface area contributed by atoms with Crippen molar-refractivity contribution in [1.29, 1.82) is 0 Å². The molecule has 176 valence electrons. The summed E-state index contributed by atoms with van der Waals surface area (Å²) in [5.74, 6) is 0.560. The van der Waals surface area contributed by atoms with Crippen LogP contribution < -0.4 is 14.2 Å². The van der Waals surface area contributed by atoms with E-state index in [-0.39, 0.29) is 23.8 Å². The summed E-state index contributed by atoms with van der Waals surface area (Å²) in [4.78, 5) is 14.1. The van der Waals surface area contributed by atoms with E-state index in [1.165, 1.54) is 32.4 Å². The van der Waals surface area contributed by atoms with Crippen LogP contribution in [0.2, 0.25) is 0 Å². The molecule has 1 N–H and O–H groups in total. The average molecular weight is 473 g/mol. The molecule has 33 heavy (non-hydrogen) atoms. The largest absolute Gasteiger partial charge is 0.493 e. The number of hydrogen-bond donors (Lipinski definition) is 1. The lowest BCUT2D eigenvalue weighted by Gasteiger charge is -2.16. The van der Waals surface area contributed by atoms with Crippen molar-refractivity contribution in [2.75, 3.05) is 27.8 Å². The Hall–Kier alpha value is -3.37. The van der Waals surface area contributed by atoms with Gasteiger partial charge in [-0.2, -0.15) is 5.10 Å². The highest BCUT2D eigenvalue weighted by Crippen LogP contribution is 2.29. The molecule has 0 unspecified atom stereocenters. The first-order valence-corrected chi connectivity index (χ1v) is 11.8. The third kappa shape index (κ3) is 6.56. The standard InChI is InChI=1S/C23H28N4O5S/c1-26(15-19-14-24-27(17-19)16-18-7-5-4-6-8-18)23(28)11-12-25-33(29,30)20-9-10-21(31-2)22(13-20)32-3/h4-10,13-14,17,25H,11-12,15-16H2,1-3H3. The summed E-state index contributed by atoms with van der Waals surface area (Å²) in [5.41, 5.74) is 2.03. The Morgan fingerprint density at radius 2 is 1.79 bits per heavy atom. The average Bonchev–Trinajstić information content (AvgIpc) is 3.25. The van der Waals surface area contributed by atoms with Crippen molar-refractivity contribution in [3.8, 4) is 11.5 Å². The van der Waals surface area contributed by atoms with Crippen molar-refractivity contribution >= 4 is 15.9 Å². The number of methoxy groups -OCH3 is 2. The minimum absolute atomic E-state index is 0.0207. The highest BCUT2D eigenvalue weighted by atomic mass is 32.2. The lowest BCUT2D eigenvalue weighted by molar-refractivity contribution is -0.130. The van der Waals surface area contributed by atoms with Gasteiger partial charge in [-0.3, -0.25) is 9.48 Å². The number of amides is 1. The summed E-state index contributed by atoms with van der Waals surface area (Å²) in [6.45, 7) is 1.01. The minimum Gasteiger partial charge on any atom is -0.493 e. The summed E-state index contributed by atoms with van der Waals surface area (Å²) < 4.78 is 39.7. The zero-order valence-electron chi connectivity index (χ0n) is 18.9. The van der Waals surface area contributed by atoms with E-state index in [1.807, 2.05) is 41.2 Å². The van der Waals surface area contributed by atoms with Crippen LogP contribution in [0.5, 0.6) is 11.5 Å². The van der Waals surface area contributed by atoms with Gasteiger partial charge in [0.25, 0.3) is 0 Å². The SMILES string of the molecule is COc1ccc(S(=O)(=O)NCCC(=O)N(C)Cc2cnn(Cc3ccccc3)c2)cc1OC. The van der Waals surface area contributed by atoms with Crippen molar-refractivity contribution in [1.82, 2.24) is 19.4 Å². The maximum Gasteiger partial charge on any atom is 0.240 e. The quantitative estimate of drug-likeness (QED) is 0.459. The second-order valence-electron chi connectivity index (χ2n) is 7.45. The third-order valence-electron chi connectivity index (χ3n) is 5.02. The molecular formula is C23H28N4O5S. The molecule has 1 aromatic heterocycles. The molecule has 0 aliphatic heterocycles. The Balaban J connectivity index is 1.50. The molecule has 0 aliphatic rings. The van der Waals surface area contributed by atoms with Crippen LogP contribution in [0.1, 0.15) is 17.5 Å². The summed E-state index contributed by atoms with van der Waals surface area (Å²) in [6.07, 6.45) is 3.66. The first-order chi connectivity index (χ1) is 15.8. The van der Waals surface area contributed by atoms with Crippen LogP contribution >= 0.6 is 0 Å². The molecule has 1 heterocycles. The molecule has 3 aromatic rings. The summed E-state index contributed by atoms with van der Waals surface area (Å²) in [7, 11) is 0.791. The second kappa shape index (κ2) is 11.0. The van der Waals surface area contributed by atoms with E-state index in [4.69, 9.17) is 9.47 Å². The summed E-state index contributed by atoms with van der Waals surface area (Å²) in [6, 6.07) is 14.3. The van der Waals surface area contributed by atoms with Gasteiger partial charge in [-0.25, -0.2) is 13.1 Å². The fourth-order valence-electron chi connectivity index (χ4n) is 3.26. The first kappa shape index (κ1) is 24.3. The van der Waals surface area contributed by atoms with Crippen LogP contribution in [0.4, 0.5) is 0 Å². The smallest absolute Gasteiger partial charge is 0.240 e. The summed E-state index contributed by atoms with van der Waals surface area (Å²) >= 11 is 0. The molecule has 0 atom stereocenters. The number of rotatable bonds is 11. The predicted octanol–water partition coefficient (Wildman–Crippen LogP) is 2.28. The monoisotopic (exact) mass is 472 g/mol. The molecule has 2 aromatic carbocycles. The van der Waals surface area contributed by atoms with Gasteiger partial charge < -0.3 is 14.4 Å². The van der Waals surface area contributed by atoms with E-state index in [2.05, 4.69) is 9.82 Å². The number of carbonyl (C=O) groups is 1. The van der Waals surface area contributed by atoms with Crippen LogP contribution in [-0.4, -0.2) is 56.8 Å². The molecule has 0 spiro atoms. The maximum absolute atomic E-state index is 12.6. The molecule has 0 saturated heterocycles. The van der Waals surface area contributed by atoms with Gasteiger partial charge in [0.1, 0.15) is 0 Å². The van der Waals surface area contributed by atoms with Crippen LogP contribution in [0.25, 0.3) is 0 Å². The number of sulfonamides is 1. The molecule has 1 amide bonds. The number of nitrogens with zero attached hydrogens (tertiary/aromatic N) is 3. The van der Waals surface area contributed by atoms with Gasteiger partial charge in [0.2, 0.25) is 15.9 Å². The second-order valence-corrected chi connectivity index (χ2v) is 9.21. The highest BCUT2D eigenvalue weighted by Gasteiger charge is 2.18. The Kier molecular flexibility index (Phi) is 8.07. The van der Waals surface area contributed by atoms with Gasteiger partial charge in [0.05, 0.1) is 31.9 Å². The Morgan fingerprint density at radius 3 is 2.48 bits per heavy atom. The van der Waals surface area contributed by atoms with E-state index in [9.17, 15) is 13.2 Å². The normalized spacial score (nSPS) is 11.2. The van der Waals surface area contributed by atoms with Crippen molar-refractivity contribution in [3.63, 3.8) is 0 Å². The van der Waals surface area contributed by atoms with Crippen LogP contribution in [0, 0.1) is 0 Å². The zero-order valence-corrected chi connectivity index (χ0v) is 19.7. The Morgan fingerprint density at radius 1 is 1.06 bits per heavy atom. The third-order valence-corrected chi connectivity index (χ3v) is 6.47. The van der Waals surface area contributed by atoms with Crippen molar-refractivity contribution in [3.05, 3.63) is 72.1 Å². The number of ether oxygens (including phenoxy) is 2. The first-order valence-electron chi connectivity index (χ1n) is 10.3. The van der Waals surface area contributed by atoms with E-state index in [1.54, 1.807) is 18.1 Å². The molecule has 0 aliphatic carbocycles. The molecule has 3 rings (SSSR count). The van der Waals surface area contributed by atoms with Gasteiger partial charge in [-0.1, -0.05) is 30.3 Å². The van der Waals surface area contributed by atoms with Crippen molar-refractivity contribution < 1.29 is 22.7 Å². The number of aromatic nitrogens is 2. The Labute approximate surface area is 194 Å². The van der Waals surface area contributed by atoms with Crippen molar-refractivity contribution in [2.24, 2.45) is 0 Å². The molecule has 10 heteroatoms.